The fraction of sp³-hybridized carbons (Fsp3) is 0.167. The highest BCUT2D eigenvalue weighted by Gasteiger charge is 2.33. The Hall–Kier alpha value is -2.91. The summed E-state index contributed by atoms with van der Waals surface area (Å²) >= 11 is 0. The van der Waals surface area contributed by atoms with Crippen molar-refractivity contribution in [2.75, 3.05) is 5.32 Å². The molecule has 0 aliphatic rings. The van der Waals surface area contributed by atoms with Crippen molar-refractivity contribution in [3.63, 3.8) is 0 Å². The number of nitrogens with zero attached hydrogens (tertiary/aromatic N) is 3. The van der Waals surface area contributed by atoms with Gasteiger partial charge in [0.2, 0.25) is 5.91 Å². The Morgan fingerprint density at radius 3 is 2.59 bits per heavy atom. The van der Waals surface area contributed by atoms with Crippen LogP contribution >= 0.6 is 0 Å². The Bertz CT molecular complexity index is 712. The number of carbonyl (C=O) groups excluding carboxylic acids is 1. The number of halogens is 3. The van der Waals surface area contributed by atoms with E-state index in [1.165, 1.54) is 24.3 Å². The first-order valence-corrected chi connectivity index (χ1v) is 5.91. The molecular formula is C12H9F3N4O3. The lowest BCUT2D eigenvalue weighted by Gasteiger charge is -2.06. The number of nitro benzene ring substituents is 1. The van der Waals surface area contributed by atoms with Crippen molar-refractivity contribution in [2.45, 2.75) is 12.7 Å². The van der Waals surface area contributed by atoms with Crippen LogP contribution in [0.2, 0.25) is 0 Å². The van der Waals surface area contributed by atoms with E-state index in [-0.39, 0.29) is 11.4 Å². The van der Waals surface area contributed by atoms with Crippen molar-refractivity contribution < 1.29 is 22.9 Å². The van der Waals surface area contributed by atoms with E-state index in [1.54, 1.807) is 0 Å². The molecule has 22 heavy (non-hydrogen) atoms. The van der Waals surface area contributed by atoms with Crippen molar-refractivity contribution in [3.05, 3.63) is 52.3 Å². The molecule has 0 aliphatic carbocycles. The smallest absolute Gasteiger partial charge is 0.319 e. The highest BCUT2D eigenvalue weighted by Crippen LogP contribution is 2.27. The second-order valence-corrected chi connectivity index (χ2v) is 4.22. The maximum absolute atomic E-state index is 12.4. The third-order valence-electron chi connectivity index (χ3n) is 2.61. The van der Waals surface area contributed by atoms with Crippen LogP contribution in [-0.2, 0) is 17.5 Å². The lowest BCUT2D eigenvalue weighted by molar-refractivity contribution is -0.383. The topological polar surface area (TPSA) is 90.1 Å². The number of anilines is 1. The summed E-state index contributed by atoms with van der Waals surface area (Å²) in [6.07, 6.45) is -3.60. The maximum Gasteiger partial charge on any atom is 0.435 e. The largest absolute Gasteiger partial charge is 0.435 e. The van der Waals surface area contributed by atoms with E-state index >= 15 is 0 Å². The van der Waals surface area contributed by atoms with Crippen LogP contribution in [0.1, 0.15) is 5.69 Å². The summed E-state index contributed by atoms with van der Waals surface area (Å²) in [5, 5.41) is 16.3. The van der Waals surface area contributed by atoms with Crippen molar-refractivity contribution in [1.82, 2.24) is 9.78 Å². The van der Waals surface area contributed by atoms with Gasteiger partial charge < -0.3 is 5.32 Å². The van der Waals surface area contributed by atoms with Gasteiger partial charge in [-0.3, -0.25) is 19.6 Å². The molecule has 0 fully saturated rings. The zero-order valence-electron chi connectivity index (χ0n) is 10.9. The minimum Gasteiger partial charge on any atom is -0.319 e. The number of para-hydroxylation sites is 2. The van der Waals surface area contributed by atoms with Crippen LogP contribution in [-0.4, -0.2) is 20.6 Å². The standard InChI is InChI=1S/C12H9F3N4O3/c13-12(14,15)10-5-6-18(17-10)7-11(20)16-8-3-1-2-4-9(8)19(21)22/h1-6H,7H2,(H,16,20). The predicted octanol–water partition coefficient (Wildman–Crippen LogP) is 2.45. The summed E-state index contributed by atoms with van der Waals surface area (Å²) in [7, 11) is 0. The normalized spacial score (nSPS) is 11.2. The lowest BCUT2D eigenvalue weighted by atomic mass is 10.2. The molecule has 0 bridgehead atoms. The molecule has 0 saturated carbocycles. The second-order valence-electron chi connectivity index (χ2n) is 4.22. The fourth-order valence-corrected chi connectivity index (χ4v) is 1.68. The van der Waals surface area contributed by atoms with Gasteiger partial charge in [-0.05, 0) is 12.1 Å². The molecule has 1 aromatic heterocycles. The molecule has 0 saturated heterocycles. The first kappa shape index (κ1) is 15.5. The molecule has 0 aliphatic heterocycles. The molecule has 0 spiro atoms. The molecule has 1 amide bonds. The Morgan fingerprint density at radius 1 is 1.32 bits per heavy atom. The summed E-state index contributed by atoms with van der Waals surface area (Å²) in [5.41, 5.74) is -1.47. The third-order valence-corrected chi connectivity index (χ3v) is 2.61. The number of hydrogen-bond donors (Lipinski definition) is 1. The van der Waals surface area contributed by atoms with E-state index in [1.807, 2.05) is 0 Å². The number of benzene rings is 1. The number of carbonyl (C=O) groups is 1. The van der Waals surface area contributed by atoms with Gasteiger partial charge in [-0.15, -0.1) is 0 Å². The summed E-state index contributed by atoms with van der Waals surface area (Å²) < 4.78 is 37.9. The van der Waals surface area contributed by atoms with E-state index in [0.717, 1.165) is 16.9 Å². The van der Waals surface area contributed by atoms with Gasteiger partial charge in [-0.1, -0.05) is 12.1 Å². The van der Waals surface area contributed by atoms with Crippen LogP contribution in [0.25, 0.3) is 0 Å². The van der Waals surface area contributed by atoms with Gasteiger partial charge in [0.05, 0.1) is 4.92 Å². The second kappa shape index (κ2) is 5.84. The van der Waals surface area contributed by atoms with Gasteiger partial charge in [0.1, 0.15) is 12.2 Å². The van der Waals surface area contributed by atoms with Crippen molar-refractivity contribution >= 4 is 17.3 Å². The van der Waals surface area contributed by atoms with Gasteiger partial charge in [0.25, 0.3) is 5.69 Å². The molecule has 7 nitrogen and oxygen atoms in total. The lowest BCUT2D eigenvalue weighted by Crippen LogP contribution is -2.20. The van der Waals surface area contributed by atoms with Crippen LogP contribution in [0.5, 0.6) is 0 Å². The zero-order valence-corrected chi connectivity index (χ0v) is 10.9. The summed E-state index contributed by atoms with van der Waals surface area (Å²) in [4.78, 5) is 21.9. The Kier molecular flexibility index (Phi) is 4.11. The maximum atomic E-state index is 12.4. The highest BCUT2D eigenvalue weighted by atomic mass is 19.4. The summed E-state index contributed by atoms with van der Waals surface area (Å²) in [6.45, 7) is -0.498. The molecule has 0 unspecified atom stereocenters. The zero-order chi connectivity index (χ0) is 16.3. The summed E-state index contributed by atoms with van der Waals surface area (Å²) in [6, 6.07) is 6.17. The van der Waals surface area contributed by atoms with Crippen molar-refractivity contribution in [3.8, 4) is 0 Å². The number of alkyl halides is 3. The number of rotatable bonds is 4. The summed E-state index contributed by atoms with van der Waals surface area (Å²) in [5.74, 6) is -0.730. The number of aromatic nitrogens is 2. The van der Waals surface area contributed by atoms with Crippen LogP contribution < -0.4 is 5.32 Å². The number of nitrogens with one attached hydrogen (secondary N) is 1. The van der Waals surface area contributed by atoms with Gasteiger partial charge in [-0.2, -0.15) is 18.3 Å². The van der Waals surface area contributed by atoms with Crippen LogP contribution in [0.4, 0.5) is 24.5 Å². The fourth-order valence-electron chi connectivity index (χ4n) is 1.68. The average Bonchev–Trinajstić information content (AvgIpc) is 2.87. The quantitative estimate of drug-likeness (QED) is 0.693. The van der Waals surface area contributed by atoms with E-state index in [2.05, 4.69) is 10.4 Å². The number of hydrogen-bond acceptors (Lipinski definition) is 4. The van der Waals surface area contributed by atoms with Crippen LogP contribution in [0.15, 0.2) is 36.5 Å². The van der Waals surface area contributed by atoms with Gasteiger partial charge in [0, 0.05) is 12.3 Å². The highest BCUT2D eigenvalue weighted by molar-refractivity contribution is 5.92. The third kappa shape index (κ3) is 3.59. The monoisotopic (exact) mass is 314 g/mol. The van der Waals surface area contributed by atoms with E-state index in [0.29, 0.717) is 0 Å². The first-order valence-electron chi connectivity index (χ1n) is 5.91. The Balaban J connectivity index is 2.08. The molecule has 0 radical (unpaired) electrons. The van der Waals surface area contributed by atoms with Crippen molar-refractivity contribution in [2.24, 2.45) is 0 Å². The SMILES string of the molecule is O=C(Cn1ccc(C(F)(F)F)n1)Nc1ccccc1[N+](=O)[O-]. The number of nitro groups is 1. The van der Waals surface area contributed by atoms with Crippen molar-refractivity contribution in [1.29, 1.82) is 0 Å². The van der Waals surface area contributed by atoms with E-state index in [4.69, 9.17) is 0 Å². The average molecular weight is 314 g/mol. The Labute approximate surface area is 121 Å². The molecule has 2 rings (SSSR count). The van der Waals surface area contributed by atoms with Crippen LogP contribution in [0.3, 0.4) is 0 Å². The van der Waals surface area contributed by atoms with Crippen LogP contribution in [0, 0.1) is 10.1 Å². The molecule has 116 valence electrons. The molecule has 1 N–H and O–H groups in total. The minimum absolute atomic E-state index is 0.0410. The van der Waals surface area contributed by atoms with Gasteiger partial charge in [0.15, 0.2) is 5.69 Å². The molecule has 2 aromatic rings. The van der Waals surface area contributed by atoms with Gasteiger partial charge >= 0.3 is 6.18 Å². The molecule has 0 atom stereocenters. The van der Waals surface area contributed by atoms with E-state index < -0.39 is 29.2 Å². The van der Waals surface area contributed by atoms with Gasteiger partial charge in [-0.25, -0.2) is 0 Å². The first-order chi connectivity index (χ1) is 10.3. The van der Waals surface area contributed by atoms with E-state index in [9.17, 15) is 28.1 Å². The molecule has 1 heterocycles. The number of amides is 1. The molecular weight excluding hydrogens is 305 g/mol. The Morgan fingerprint density at radius 2 is 2.00 bits per heavy atom. The minimum atomic E-state index is -4.60. The molecule has 10 heteroatoms. The predicted molar refractivity (Wildman–Crippen MR) is 69.0 cm³/mol. The molecule has 1 aromatic carbocycles.